The van der Waals surface area contributed by atoms with Crippen molar-refractivity contribution < 1.29 is 9.59 Å². The lowest BCUT2D eigenvalue weighted by Gasteiger charge is -2.04. The van der Waals surface area contributed by atoms with Gasteiger partial charge in [0.2, 0.25) is 0 Å². The molecule has 0 rings (SSSR count). The molecule has 0 aromatic carbocycles. The summed E-state index contributed by atoms with van der Waals surface area (Å²) in [5.74, 6) is 0. The molecular weight excluding hydrogens is 158 g/mol. The van der Waals surface area contributed by atoms with Crippen molar-refractivity contribution in [3.63, 3.8) is 0 Å². The van der Waals surface area contributed by atoms with E-state index in [1.165, 1.54) is 6.08 Å². The maximum atomic E-state index is 10.8. The van der Waals surface area contributed by atoms with Crippen molar-refractivity contribution >= 4 is 12.1 Å². The SMILES string of the molecule is C=CCNC(=O)NC(=O)NCC. The average Bonchev–Trinajstić information content (AvgIpc) is 2.01. The summed E-state index contributed by atoms with van der Waals surface area (Å²) in [4.78, 5) is 21.5. The Balaban J connectivity index is 3.54. The second-order valence-corrected chi connectivity index (χ2v) is 1.98. The van der Waals surface area contributed by atoms with E-state index >= 15 is 0 Å². The molecule has 4 amide bonds. The van der Waals surface area contributed by atoms with E-state index in [1.54, 1.807) is 6.92 Å². The van der Waals surface area contributed by atoms with E-state index in [0.29, 0.717) is 13.1 Å². The fourth-order valence-electron chi connectivity index (χ4n) is 0.517. The fourth-order valence-corrected chi connectivity index (χ4v) is 0.517. The van der Waals surface area contributed by atoms with Gasteiger partial charge in [-0.2, -0.15) is 0 Å². The summed E-state index contributed by atoms with van der Waals surface area (Å²) in [5.41, 5.74) is 0. The van der Waals surface area contributed by atoms with Crippen LogP contribution < -0.4 is 16.0 Å². The molecule has 0 saturated heterocycles. The van der Waals surface area contributed by atoms with E-state index in [0.717, 1.165) is 0 Å². The van der Waals surface area contributed by atoms with Crippen LogP contribution >= 0.6 is 0 Å². The zero-order valence-electron chi connectivity index (χ0n) is 7.02. The van der Waals surface area contributed by atoms with Crippen molar-refractivity contribution in [1.29, 1.82) is 0 Å². The van der Waals surface area contributed by atoms with E-state index in [4.69, 9.17) is 0 Å². The quantitative estimate of drug-likeness (QED) is 0.531. The van der Waals surface area contributed by atoms with Crippen LogP contribution in [0, 0.1) is 0 Å². The Labute approximate surface area is 71.2 Å². The summed E-state index contributed by atoms with van der Waals surface area (Å²) < 4.78 is 0. The number of rotatable bonds is 3. The van der Waals surface area contributed by atoms with Gasteiger partial charge in [-0.25, -0.2) is 9.59 Å². The lowest BCUT2D eigenvalue weighted by atomic mass is 10.6. The first-order chi connectivity index (χ1) is 5.70. The summed E-state index contributed by atoms with van der Waals surface area (Å²) in [6, 6.07) is -1.03. The zero-order chi connectivity index (χ0) is 9.40. The highest BCUT2D eigenvalue weighted by Crippen LogP contribution is 1.67. The molecule has 0 spiro atoms. The molecule has 0 atom stereocenters. The first-order valence-corrected chi connectivity index (χ1v) is 3.64. The highest BCUT2D eigenvalue weighted by molar-refractivity contribution is 5.93. The van der Waals surface area contributed by atoms with Crippen molar-refractivity contribution in [3.8, 4) is 0 Å². The molecule has 3 N–H and O–H groups in total. The molecule has 68 valence electrons. The van der Waals surface area contributed by atoms with Crippen LogP contribution in [0.5, 0.6) is 0 Å². The number of hydrogen-bond donors (Lipinski definition) is 3. The van der Waals surface area contributed by atoms with Gasteiger partial charge in [-0.3, -0.25) is 5.32 Å². The van der Waals surface area contributed by atoms with Crippen LogP contribution in [-0.4, -0.2) is 25.2 Å². The van der Waals surface area contributed by atoms with Gasteiger partial charge < -0.3 is 10.6 Å². The topological polar surface area (TPSA) is 70.2 Å². The van der Waals surface area contributed by atoms with Gasteiger partial charge in [0.25, 0.3) is 0 Å². The van der Waals surface area contributed by atoms with E-state index in [2.05, 4.69) is 22.5 Å². The summed E-state index contributed by atoms with van der Waals surface area (Å²) in [7, 11) is 0. The van der Waals surface area contributed by atoms with Crippen LogP contribution in [0.2, 0.25) is 0 Å². The normalized spacial score (nSPS) is 8.42. The second-order valence-electron chi connectivity index (χ2n) is 1.98. The van der Waals surface area contributed by atoms with Crippen LogP contribution in [0.4, 0.5) is 9.59 Å². The van der Waals surface area contributed by atoms with Gasteiger partial charge in [0.05, 0.1) is 0 Å². The lowest BCUT2D eigenvalue weighted by molar-refractivity contribution is 0.228. The molecule has 0 unspecified atom stereocenters. The molecule has 0 aliphatic rings. The first kappa shape index (κ1) is 10.5. The third-order valence-electron chi connectivity index (χ3n) is 0.971. The molecule has 0 aliphatic heterocycles. The zero-order valence-corrected chi connectivity index (χ0v) is 7.02. The van der Waals surface area contributed by atoms with E-state index in [1.807, 2.05) is 0 Å². The Morgan fingerprint density at radius 3 is 2.42 bits per heavy atom. The number of hydrogen-bond acceptors (Lipinski definition) is 2. The Morgan fingerprint density at radius 2 is 1.92 bits per heavy atom. The molecule has 12 heavy (non-hydrogen) atoms. The number of imide groups is 1. The molecule has 0 saturated carbocycles. The second kappa shape index (κ2) is 6.21. The number of amides is 4. The maximum Gasteiger partial charge on any atom is 0.323 e. The number of nitrogens with one attached hydrogen (secondary N) is 3. The summed E-state index contributed by atoms with van der Waals surface area (Å²) in [5, 5.41) is 6.88. The monoisotopic (exact) mass is 171 g/mol. The van der Waals surface area contributed by atoms with Crippen molar-refractivity contribution in [1.82, 2.24) is 16.0 Å². The standard InChI is InChI=1S/C7H13N3O2/c1-3-5-9-7(12)10-6(11)8-4-2/h3H,1,4-5H2,2H3,(H3,8,9,10,11,12). The molecule has 0 heterocycles. The van der Waals surface area contributed by atoms with Crippen LogP contribution in [0.15, 0.2) is 12.7 Å². The van der Waals surface area contributed by atoms with Gasteiger partial charge in [0, 0.05) is 13.1 Å². The van der Waals surface area contributed by atoms with Crippen LogP contribution in [0.1, 0.15) is 6.92 Å². The number of carbonyl (C=O) groups excluding carboxylic acids is 2. The largest absolute Gasteiger partial charge is 0.338 e. The van der Waals surface area contributed by atoms with E-state index < -0.39 is 12.1 Å². The molecule has 0 fully saturated rings. The maximum absolute atomic E-state index is 10.8. The first-order valence-electron chi connectivity index (χ1n) is 3.64. The van der Waals surface area contributed by atoms with Gasteiger partial charge >= 0.3 is 12.1 Å². The molecule has 0 aromatic rings. The number of carbonyl (C=O) groups is 2. The van der Waals surface area contributed by atoms with Crippen LogP contribution in [0.25, 0.3) is 0 Å². The van der Waals surface area contributed by atoms with Gasteiger partial charge in [0.1, 0.15) is 0 Å². The predicted octanol–water partition coefficient (Wildman–Crippen LogP) is 0.201. The molecule has 0 radical (unpaired) electrons. The number of urea groups is 2. The van der Waals surface area contributed by atoms with Crippen LogP contribution in [-0.2, 0) is 0 Å². The van der Waals surface area contributed by atoms with Crippen molar-refractivity contribution in [3.05, 3.63) is 12.7 Å². The van der Waals surface area contributed by atoms with Gasteiger partial charge in [0.15, 0.2) is 0 Å². The van der Waals surface area contributed by atoms with Crippen molar-refractivity contribution in [2.75, 3.05) is 13.1 Å². The summed E-state index contributed by atoms with van der Waals surface area (Å²) in [6.45, 7) is 6.00. The summed E-state index contributed by atoms with van der Waals surface area (Å²) >= 11 is 0. The predicted molar refractivity (Wildman–Crippen MR) is 45.8 cm³/mol. The van der Waals surface area contributed by atoms with Gasteiger partial charge in [-0.15, -0.1) is 6.58 Å². The molecule has 0 aliphatic carbocycles. The highest BCUT2D eigenvalue weighted by Gasteiger charge is 2.02. The minimum absolute atomic E-state index is 0.339. The lowest BCUT2D eigenvalue weighted by Crippen LogP contribution is -2.44. The van der Waals surface area contributed by atoms with Crippen molar-refractivity contribution in [2.24, 2.45) is 0 Å². The molecular formula is C7H13N3O2. The summed E-state index contributed by atoms with van der Waals surface area (Å²) in [6.07, 6.45) is 1.53. The smallest absolute Gasteiger partial charge is 0.323 e. The average molecular weight is 171 g/mol. The van der Waals surface area contributed by atoms with Gasteiger partial charge in [-0.05, 0) is 6.92 Å². The van der Waals surface area contributed by atoms with E-state index in [-0.39, 0.29) is 0 Å². The third kappa shape index (κ3) is 5.28. The van der Waals surface area contributed by atoms with Gasteiger partial charge in [-0.1, -0.05) is 6.08 Å². The third-order valence-corrected chi connectivity index (χ3v) is 0.971. The van der Waals surface area contributed by atoms with Crippen LogP contribution in [0.3, 0.4) is 0 Å². The minimum atomic E-state index is -0.527. The van der Waals surface area contributed by atoms with E-state index in [9.17, 15) is 9.59 Å². The Bertz CT molecular complexity index is 179. The Morgan fingerprint density at radius 1 is 1.33 bits per heavy atom. The molecule has 0 aromatic heterocycles. The minimum Gasteiger partial charge on any atom is -0.338 e. The molecule has 0 bridgehead atoms. The van der Waals surface area contributed by atoms with Crippen molar-refractivity contribution in [2.45, 2.75) is 6.92 Å². The Kier molecular flexibility index (Phi) is 5.42. The molecule has 5 nitrogen and oxygen atoms in total. The molecule has 5 heteroatoms. The fraction of sp³-hybridized carbons (Fsp3) is 0.429. The Hall–Kier alpha value is -1.52. The highest BCUT2D eigenvalue weighted by atomic mass is 16.2.